The van der Waals surface area contributed by atoms with Gasteiger partial charge in [0, 0.05) is 26.2 Å². The summed E-state index contributed by atoms with van der Waals surface area (Å²) in [6.07, 6.45) is 0. The van der Waals surface area contributed by atoms with Crippen LogP contribution < -0.4 is 51.4 Å². The number of halogens is 4. The SMILES string of the molecule is F.F.F.F.[H-].[K+].[Zr]. The zero-order valence-corrected chi connectivity index (χ0v) is 8.71. The van der Waals surface area contributed by atoms with E-state index in [0.29, 0.717) is 0 Å². The van der Waals surface area contributed by atoms with Crippen molar-refractivity contribution in [2.75, 3.05) is 0 Å². The molecular weight excluding hydrogens is 206 g/mol. The van der Waals surface area contributed by atoms with Crippen molar-refractivity contribution in [3.8, 4) is 0 Å². The average molecular weight is 211 g/mol. The topological polar surface area (TPSA) is 0 Å². The summed E-state index contributed by atoms with van der Waals surface area (Å²) in [4.78, 5) is 0. The maximum atomic E-state index is 0. The molecule has 0 aliphatic carbocycles. The predicted molar refractivity (Wildman–Crippen MR) is 11.1 cm³/mol. The minimum absolute atomic E-state index is 0. The van der Waals surface area contributed by atoms with E-state index in [1.165, 1.54) is 0 Å². The second kappa shape index (κ2) is 56.2. The third-order valence-electron chi connectivity index (χ3n) is 0. The minimum atomic E-state index is 0. The second-order valence-electron chi connectivity index (χ2n) is 0. The van der Waals surface area contributed by atoms with Gasteiger partial charge in [-0.25, -0.2) is 0 Å². The first-order valence-corrected chi connectivity index (χ1v) is 0. The Morgan fingerprint density at radius 2 is 0.667 bits per heavy atom. The molecule has 0 radical (unpaired) electrons. The first kappa shape index (κ1) is 86.1. The smallest absolute Gasteiger partial charge is 1.00 e. The van der Waals surface area contributed by atoms with Gasteiger partial charge < -0.3 is 1.43 Å². The van der Waals surface area contributed by atoms with E-state index in [4.69, 9.17) is 0 Å². The van der Waals surface area contributed by atoms with Gasteiger partial charge in [-0.1, -0.05) is 0 Å². The summed E-state index contributed by atoms with van der Waals surface area (Å²) in [5.74, 6) is 0. The van der Waals surface area contributed by atoms with Crippen molar-refractivity contribution >= 4 is 0 Å². The molecule has 0 bridgehead atoms. The Balaban J connectivity index is 0. The first-order chi connectivity index (χ1) is 0. The van der Waals surface area contributed by atoms with Crippen LogP contribution in [0, 0.1) is 0 Å². The zero-order chi connectivity index (χ0) is 0. The number of hydrogen-bond donors (Lipinski definition) is 0. The molecule has 0 aromatic heterocycles. The average Bonchev–Trinajstić information content (AvgIpc) is 0. The molecule has 0 saturated heterocycles. The molecule has 0 heterocycles. The third-order valence-corrected chi connectivity index (χ3v) is 0. The fourth-order valence-electron chi connectivity index (χ4n) is 0. The fraction of sp³-hybridized carbons (Fsp3) is 0. The Labute approximate surface area is 95.9 Å². The molecule has 0 aromatic rings. The van der Waals surface area contributed by atoms with Gasteiger partial charge in [-0.3, -0.25) is 18.8 Å². The van der Waals surface area contributed by atoms with E-state index in [2.05, 4.69) is 0 Å². The summed E-state index contributed by atoms with van der Waals surface area (Å²) in [7, 11) is 0. The van der Waals surface area contributed by atoms with Gasteiger partial charge in [0.2, 0.25) is 0 Å². The molecule has 6 heavy (non-hydrogen) atoms. The van der Waals surface area contributed by atoms with Gasteiger partial charge in [0.15, 0.2) is 0 Å². The minimum Gasteiger partial charge on any atom is -1.00 e. The van der Waals surface area contributed by atoms with Crippen LogP contribution in [0.5, 0.6) is 0 Å². The van der Waals surface area contributed by atoms with Gasteiger partial charge in [0.05, 0.1) is 0 Å². The molecule has 0 unspecified atom stereocenters. The first-order valence-electron chi connectivity index (χ1n) is 0. The third kappa shape index (κ3) is 34.2. The van der Waals surface area contributed by atoms with E-state index in [-0.39, 0.29) is 97.8 Å². The Bertz CT molecular complexity index is 11.7. The van der Waals surface area contributed by atoms with Gasteiger partial charge in [0.25, 0.3) is 0 Å². The standard InChI is InChI=1S/4FH.K.Zr.H/h4*1H;;;/q;;;;+1;;-1. The Morgan fingerprint density at radius 3 is 0.667 bits per heavy atom. The summed E-state index contributed by atoms with van der Waals surface area (Å²) in [5.41, 5.74) is 0. The van der Waals surface area contributed by atoms with Crippen molar-refractivity contribution in [2.45, 2.75) is 0 Å². The molecule has 0 N–H and O–H groups in total. The zero-order valence-electron chi connectivity index (χ0n) is 4.13. The Kier molecular flexibility index (Phi) is 806. The molecule has 0 saturated carbocycles. The summed E-state index contributed by atoms with van der Waals surface area (Å²) >= 11 is 0. The molecule has 0 amide bonds. The predicted octanol–water partition coefficient (Wildman–Crippen LogP) is -2.28. The molecular formula is H5F4KZr. The van der Waals surface area contributed by atoms with E-state index in [1.807, 2.05) is 0 Å². The van der Waals surface area contributed by atoms with Crippen LogP contribution in [0.1, 0.15) is 1.43 Å². The van der Waals surface area contributed by atoms with Gasteiger partial charge in [-0.05, 0) is 0 Å². The van der Waals surface area contributed by atoms with E-state index in [9.17, 15) is 0 Å². The van der Waals surface area contributed by atoms with E-state index < -0.39 is 0 Å². The van der Waals surface area contributed by atoms with Crippen molar-refractivity contribution in [2.24, 2.45) is 0 Å². The quantitative estimate of drug-likeness (QED) is 0.313. The number of hydrogen-bond acceptors (Lipinski definition) is 0. The molecule has 0 fully saturated rings. The van der Waals surface area contributed by atoms with Gasteiger partial charge in [-0.15, -0.1) is 0 Å². The molecule has 0 atom stereocenters. The summed E-state index contributed by atoms with van der Waals surface area (Å²) in [6.45, 7) is 0. The normalized spacial score (nSPS) is 0. The van der Waals surface area contributed by atoms with Gasteiger partial charge in [-0.2, -0.15) is 0 Å². The Morgan fingerprint density at radius 1 is 0.667 bits per heavy atom. The van der Waals surface area contributed by atoms with Gasteiger partial charge in [0.1, 0.15) is 0 Å². The maximum Gasteiger partial charge on any atom is 1.00 e. The van der Waals surface area contributed by atoms with Crippen LogP contribution in [0.15, 0.2) is 0 Å². The van der Waals surface area contributed by atoms with Gasteiger partial charge >= 0.3 is 51.4 Å². The molecule has 0 aliphatic heterocycles. The van der Waals surface area contributed by atoms with Crippen LogP contribution in [-0.4, -0.2) is 0 Å². The molecule has 6 heteroatoms. The molecule has 0 aromatic carbocycles. The van der Waals surface area contributed by atoms with Crippen LogP contribution in [0.2, 0.25) is 0 Å². The number of rotatable bonds is 0. The summed E-state index contributed by atoms with van der Waals surface area (Å²) in [6, 6.07) is 0. The largest absolute Gasteiger partial charge is 1.00 e. The van der Waals surface area contributed by atoms with Crippen LogP contribution in [0.4, 0.5) is 18.8 Å². The van der Waals surface area contributed by atoms with Crippen LogP contribution in [0.3, 0.4) is 0 Å². The second-order valence-corrected chi connectivity index (χ2v) is 0. The summed E-state index contributed by atoms with van der Waals surface area (Å²) < 4.78 is 0. The van der Waals surface area contributed by atoms with E-state index in [0.717, 1.165) is 0 Å². The van der Waals surface area contributed by atoms with Crippen molar-refractivity contribution in [3.63, 3.8) is 0 Å². The van der Waals surface area contributed by atoms with Crippen LogP contribution in [-0.2, 0) is 26.2 Å². The molecule has 0 nitrogen and oxygen atoms in total. The monoisotopic (exact) mass is 210 g/mol. The van der Waals surface area contributed by atoms with E-state index >= 15 is 0 Å². The van der Waals surface area contributed by atoms with Crippen molar-refractivity contribution in [1.29, 1.82) is 0 Å². The molecule has 0 rings (SSSR count). The maximum absolute atomic E-state index is 0. The van der Waals surface area contributed by atoms with Crippen LogP contribution in [0.25, 0.3) is 0 Å². The molecule has 38 valence electrons. The van der Waals surface area contributed by atoms with E-state index in [1.54, 1.807) is 0 Å². The molecule has 0 aliphatic rings. The summed E-state index contributed by atoms with van der Waals surface area (Å²) in [5, 5.41) is 0. The van der Waals surface area contributed by atoms with Crippen molar-refractivity contribution in [3.05, 3.63) is 0 Å². The van der Waals surface area contributed by atoms with Crippen molar-refractivity contribution < 1.29 is 97.8 Å². The Hall–Kier alpha value is 2.24. The fourth-order valence-corrected chi connectivity index (χ4v) is 0. The molecule has 0 spiro atoms. The van der Waals surface area contributed by atoms with Crippen LogP contribution >= 0.6 is 0 Å². The van der Waals surface area contributed by atoms with Crippen molar-refractivity contribution in [1.82, 2.24) is 0 Å².